The molecule has 0 radical (unpaired) electrons. The van der Waals surface area contributed by atoms with E-state index in [1.54, 1.807) is 0 Å². The van der Waals surface area contributed by atoms with E-state index in [2.05, 4.69) is 24.1 Å². The molecule has 1 fully saturated rings. The number of rotatable bonds is 6. The number of amides is 1. The third-order valence-corrected chi connectivity index (χ3v) is 4.00. The van der Waals surface area contributed by atoms with E-state index in [4.69, 9.17) is 4.74 Å². The van der Waals surface area contributed by atoms with Gasteiger partial charge < -0.3 is 14.6 Å². The number of halogens is 3. The Bertz CT molecular complexity index is 673. The lowest BCUT2D eigenvalue weighted by atomic mass is 10.2. The zero-order chi connectivity index (χ0) is 19.3. The first-order valence-corrected chi connectivity index (χ1v) is 8.53. The molecule has 0 aliphatic carbocycles. The highest BCUT2D eigenvalue weighted by molar-refractivity contribution is 5.75. The minimum absolute atomic E-state index is 0.176. The Balaban J connectivity index is 1.88. The van der Waals surface area contributed by atoms with E-state index in [-0.39, 0.29) is 12.6 Å². The maximum Gasteiger partial charge on any atom is 0.417 e. The second-order valence-corrected chi connectivity index (χ2v) is 6.83. The first-order chi connectivity index (χ1) is 12.1. The molecule has 1 aliphatic heterocycles. The Kier molecular flexibility index (Phi) is 6.82. The maximum absolute atomic E-state index is 12.7. The van der Waals surface area contributed by atoms with Gasteiger partial charge in [0.05, 0.1) is 18.3 Å². The van der Waals surface area contributed by atoms with Crippen LogP contribution in [0, 0.1) is 5.92 Å². The van der Waals surface area contributed by atoms with Gasteiger partial charge in [-0.3, -0.25) is 14.5 Å². The van der Waals surface area contributed by atoms with Gasteiger partial charge >= 0.3 is 6.18 Å². The van der Waals surface area contributed by atoms with Crippen LogP contribution < -0.4 is 10.9 Å². The van der Waals surface area contributed by atoms with Crippen molar-refractivity contribution in [3.8, 4) is 0 Å². The molecule has 1 N–H and O–H groups in total. The molecule has 2 heterocycles. The number of carbonyl (C=O) groups excluding carboxylic acids is 1. The SMILES string of the molecule is CC(C)CN1CCO[C@@H](CNC(=O)Cn2cc(C(F)(F)F)ccc2=O)C1. The first kappa shape index (κ1) is 20.4. The van der Waals surface area contributed by atoms with Gasteiger partial charge in [-0.05, 0) is 12.0 Å². The summed E-state index contributed by atoms with van der Waals surface area (Å²) in [5, 5.41) is 2.63. The van der Waals surface area contributed by atoms with Crippen LogP contribution in [0.1, 0.15) is 19.4 Å². The minimum atomic E-state index is -4.57. The van der Waals surface area contributed by atoms with Crippen LogP contribution in [0.25, 0.3) is 0 Å². The van der Waals surface area contributed by atoms with Gasteiger partial charge in [-0.25, -0.2) is 0 Å². The van der Waals surface area contributed by atoms with E-state index in [1.165, 1.54) is 0 Å². The van der Waals surface area contributed by atoms with E-state index in [9.17, 15) is 22.8 Å². The summed E-state index contributed by atoms with van der Waals surface area (Å²) in [5.41, 5.74) is -1.63. The van der Waals surface area contributed by atoms with E-state index >= 15 is 0 Å². The van der Waals surface area contributed by atoms with Crippen LogP contribution in [-0.4, -0.2) is 54.3 Å². The lowest BCUT2D eigenvalue weighted by molar-refractivity contribution is -0.138. The largest absolute Gasteiger partial charge is 0.417 e. The predicted molar refractivity (Wildman–Crippen MR) is 89.7 cm³/mol. The molecule has 0 aromatic carbocycles. The van der Waals surface area contributed by atoms with E-state index in [0.29, 0.717) is 31.3 Å². The van der Waals surface area contributed by atoms with Crippen molar-refractivity contribution in [3.63, 3.8) is 0 Å². The van der Waals surface area contributed by atoms with Gasteiger partial charge in [0.2, 0.25) is 5.91 Å². The highest BCUT2D eigenvalue weighted by Crippen LogP contribution is 2.27. The molecule has 146 valence electrons. The fourth-order valence-electron chi connectivity index (χ4n) is 2.85. The van der Waals surface area contributed by atoms with Crippen molar-refractivity contribution in [1.82, 2.24) is 14.8 Å². The molecule has 0 unspecified atom stereocenters. The van der Waals surface area contributed by atoms with Gasteiger partial charge in [-0.2, -0.15) is 13.2 Å². The van der Waals surface area contributed by atoms with Crippen LogP contribution in [-0.2, 0) is 22.3 Å². The molecule has 1 aromatic heterocycles. The van der Waals surface area contributed by atoms with Crippen molar-refractivity contribution in [2.75, 3.05) is 32.8 Å². The number of nitrogens with one attached hydrogen (secondary N) is 1. The number of aromatic nitrogens is 1. The minimum Gasteiger partial charge on any atom is -0.374 e. The molecule has 1 atom stereocenters. The van der Waals surface area contributed by atoms with Crippen molar-refractivity contribution < 1.29 is 22.7 Å². The van der Waals surface area contributed by atoms with Crippen LogP contribution >= 0.6 is 0 Å². The topological polar surface area (TPSA) is 63.6 Å². The third kappa shape index (κ3) is 6.14. The molecule has 0 bridgehead atoms. The first-order valence-electron chi connectivity index (χ1n) is 8.53. The Morgan fingerprint density at radius 3 is 2.77 bits per heavy atom. The summed E-state index contributed by atoms with van der Waals surface area (Å²) in [7, 11) is 0. The summed E-state index contributed by atoms with van der Waals surface area (Å²) in [6.07, 6.45) is -4.09. The fraction of sp³-hybridized carbons (Fsp3) is 0.647. The highest BCUT2D eigenvalue weighted by atomic mass is 19.4. The Morgan fingerprint density at radius 1 is 1.38 bits per heavy atom. The summed E-state index contributed by atoms with van der Waals surface area (Å²) < 4.78 is 44.5. The third-order valence-electron chi connectivity index (χ3n) is 4.00. The molecule has 9 heteroatoms. The number of hydrogen-bond acceptors (Lipinski definition) is 4. The standard InChI is InChI=1S/C17H24F3N3O3/c1-12(2)8-22-5-6-26-14(10-22)7-21-15(24)11-23-9-13(17(18,19)20)3-4-16(23)25/h3-4,9,12,14H,5-8,10-11H2,1-2H3,(H,21,24)/t14-/m0/s1. The van der Waals surface area contributed by atoms with Gasteiger partial charge in [0.25, 0.3) is 5.56 Å². The number of hydrogen-bond donors (Lipinski definition) is 1. The lowest BCUT2D eigenvalue weighted by Crippen LogP contribution is -2.48. The summed E-state index contributed by atoms with van der Waals surface area (Å²) in [4.78, 5) is 25.9. The van der Waals surface area contributed by atoms with E-state index < -0.39 is 29.8 Å². The fourth-order valence-corrected chi connectivity index (χ4v) is 2.85. The Hall–Kier alpha value is -1.87. The molecule has 2 rings (SSSR count). The number of nitrogens with zero attached hydrogens (tertiary/aromatic N) is 2. The highest BCUT2D eigenvalue weighted by Gasteiger charge is 2.31. The molecule has 1 saturated heterocycles. The summed E-state index contributed by atoms with van der Waals surface area (Å²) in [5.74, 6) is -0.00728. The van der Waals surface area contributed by atoms with Crippen LogP contribution in [0.2, 0.25) is 0 Å². The molecule has 0 spiro atoms. The van der Waals surface area contributed by atoms with Gasteiger partial charge in [-0.15, -0.1) is 0 Å². The number of alkyl halides is 3. The van der Waals surface area contributed by atoms with E-state index in [0.717, 1.165) is 23.7 Å². The van der Waals surface area contributed by atoms with E-state index in [1.807, 2.05) is 0 Å². The number of ether oxygens (including phenoxy) is 1. The van der Waals surface area contributed by atoms with Crippen molar-refractivity contribution in [2.24, 2.45) is 5.92 Å². The van der Waals surface area contributed by atoms with Crippen molar-refractivity contribution in [3.05, 3.63) is 34.2 Å². The lowest BCUT2D eigenvalue weighted by Gasteiger charge is -2.33. The van der Waals surface area contributed by atoms with Crippen molar-refractivity contribution in [2.45, 2.75) is 32.7 Å². The molecular formula is C17H24F3N3O3. The van der Waals surface area contributed by atoms with Gasteiger partial charge in [0, 0.05) is 38.4 Å². The monoisotopic (exact) mass is 375 g/mol. The smallest absolute Gasteiger partial charge is 0.374 e. The van der Waals surface area contributed by atoms with Gasteiger partial charge in [0.15, 0.2) is 0 Å². The second kappa shape index (κ2) is 8.68. The van der Waals surface area contributed by atoms with Crippen LogP contribution in [0.4, 0.5) is 13.2 Å². The zero-order valence-electron chi connectivity index (χ0n) is 14.9. The molecular weight excluding hydrogens is 351 g/mol. The Morgan fingerprint density at radius 2 is 2.12 bits per heavy atom. The summed E-state index contributed by atoms with van der Waals surface area (Å²) >= 11 is 0. The number of carbonyl (C=O) groups is 1. The van der Waals surface area contributed by atoms with Crippen LogP contribution in [0.5, 0.6) is 0 Å². The second-order valence-electron chi connectivity index (χ2n) is 6.83. The average molecular weight is 375 g/mol. The van der Waals surface area contributed by atoms with Crippen LogP contribution in [0.3, 0.4) is 0 Å². The predicted octanol–water partition coefficient (Wildman–Crippen LogP) is 1.34. The normalized spacial score (nSPS) is 18.9. The summed E-state index contributed by atoms with van der Waals surface area (Å²) in [6.45, 7) is 7.06. The Labute approximate surface area is 149 Å². The zero-order valence-corrected chi connectivity index (χ0v) is 14.9. The molecule has 6 nitrogen and oxygen atoms in total. The quantitative estimate of drug-likeness (QED) is 0.815. The van der Waals surface area contributed by atoms with Crippen LogP contribution in [0.15, 0.2) is 23.1 Å². The molecule has 1 aromatic rings. The molecule has 26 heavy (non-hydrogen) atoms. The molecule has 1 aliphatic rings. The van der Waals surface area contributed by atoms with Gasteiger partial charge in [0.1, 0.15) is 6.54 Å². The van der Waals surface area contributed by atoms with Crippen molar-refractivity contribution in [1.29, 1.82) is 0 Å². The van der Waals surface area contributed by atoms with Crippen molar-refractivity contribution >= 4 is 5.91 Å². The molecule has 0 saturated carbocycles. The molecule has 1 amide bonds. The number of pyridine rings is 1. The summed E-state index contributed by atoms with van der Waals surface area (Å²) in [6, 6.07) is 1.51. The average Bonchev–Trinajstić information content (AvgIpc) is 2.54. The maximum atomic E-state index is 12.7. The van der Waals surface area contributed by atoms with Gasteiger partial charge in [-0.1, -0.05) is 13.8 Å². The number of morpholine rings is 1.